The van der Waals surface area contributed by atoms with Crippen LogP contribution in [0.1, 0.15) is 43.7 Å². The lowest BCUT2D eigenvalue weighted by atomic mass is 9.96. The Morgan fingerprint density at radius 1 is 1.07 bits per heavy atom. The molecule has 0 amide bonds. The van der Waals surface area contributed by atoms with E-state index in [0.29, 0.717) is 11.9 Å². The molecule has 1 aliphatic rings. The first-order chi connectivity index (χ1) is 14.3. The van der Waals surface area contributed by atoms with Crippen LogP contribution in [0.2, 0.25) is 0 Å². The van der Waals surface area contributed by atoms with Crippen LogP contribution in [-0.4, -0.2) is 33.0 Å². The van der Waals surface area contributed by atoms with E-state index in [1.165, 1.54) is 32.1 Å². The third kappa shape index (κ3) is 4.26. The zero-order valence-corrected chi connectivity index (χ0v) is 16.7. The van der Waals surface area contributed by atoms with Gasteiger partial charge in [0.25, 0.3) is 0 Å². The number of benzene rings is 1. The van der Waals surface area contributed by atoms with Gasteiger partial charge in [0.1, 0.15) is 0 Å². The Balaban J connectivity index is 1.55. The molecule has 1 aliphatic carbocycles. The van der Waals surface area contributed by atoms with Gasteiger partial charge in [-0.25, -0.2) is 9.97 Å². The van der Waals surface area contributed by atoms with Gasteiger partial charge in [-0.2, -0.15) is 5.10 Å². The summed E-state index contributed by atoms with van der Waals surface area (Å²) in [7, 11) is 1.73. The van der Waals surface area contributed by atoms with Crippen LogP contribution in [0.4, 0.5) is 0 Å². The summed E-state index contributed by atoms with van der Waals surface area (Å²) in [6.45, 7) is 0. The predicted molar refractivity (Wildman–Crippen MR) is 117 cm³/mol. The van der Waals surface area contributed by atoms with Crippen molar-refractivity contribution < 1.29 is 0 Å². The molecule has 2 heterocycles. The Morgan fingerprint density at radius 3 is 2.59 bits per heavy atom. The van der Waals surface area contributed by atoms with E-state index in [1.54, 1.807) is 19.5 Å². The van der Waals surface area contributed by atoms with E-state index < -0.39 is 0 Å². The number of hydrogen-bond donors (Lipinski definition) is 1. The molecule has 0 bridgehead atoms. The quantitative estimate of drug-likeness (QED) is 0.654. The first kappa shape index (κ1) is 19.1. The Kier molecular flexibility index (Phi) is 5.79. The highest BCUT2D eigenvalue weighted by atomic mass is 15.3. The van der Waals surface area contributed by atoms with Crippen LogP contribution < -0.4 is 5.73 Å². The summed E-state index contributed by atoms with van der Waals surface area (Å²) in [5.74, 6) is 0.681. The molecule has 4 rings (SSSR count). The van der Waals surface area contributed by atoms with E-state index in [1.807, 2.05) is 42.9 Å². The fourth-order valence-electron chi connectivity index (χ4n) is 3.85. The molecule has 1 aromatic carbocycles. The van der Waals surface area contributed by atoms with E-state index >= 15 is 0 Å². The average Bonchev–Trinajstić information content (AvgIpc) is 3.29. The molecule has 148 valence electrons. The summed E-state index contributed by atoms with van der Waals surface area (Å²) >= 11 is 0. The first-order valence-electron chi connectivity index (χ1n) is 10.1. The van der Waals surface area contributed by atoms with E-state index in [2.05, 4.69) is 30.9 Å². The van der Waals surface area contributed by atoms with Crippen LogP contribution in [0, 0.1) is 0 Å². The molecule has 0 saturated heterocycles. The molecule has 29 heavy (non-hydrogen) atoms. The number of hydrogen-bond acceptors (Lipinski definition) is 5. The molecule has 0 radical (unpaired) electrons. The smallest absolute Gasteiger partial charge is 0.159 e. The van der Waals surface area contributed by atoms with Crippen molar-refractivity contribution in [1.29, 1.82) is 0 Å². The summed E-state index contributed by atoms with van der Waals surface area (Å²) in [5, 5.41) is 4.59. The van der Waals surface area contributed by atoms with E-state index in [4.69, 9.17) is 5.73 Å². The van der Waals surface area contributed by atoms with Gasteiger partial charge in [0.15, 0.2) is 5.82 Å². The number of allylic oxidation sites excluding steroid dienone is 1. The third-order valence-electron chi connectivity index (χ3n) is 5.44. The second kappa shape index (κ2) is 8.82. The fourth-order valence-corrected chi connectivity index (χ4v) is 3.85. The van der Waals surface area contributed by atoms with Gasteiger partial charge in [0.2, 0.25) is 0 Å². The van der Waals surface area contributed by atoms with Crippen molar-refractivity contribution >= 4 is 11.8 Å². The maximum atomic E-state index is 5.73. The number of nitrogens with two attached hydrogens (primary N) is 1. The van der Waals surface area contributed by atoms with Crippen molar-refractivity contribution in [3.63, 3.8) is 0 Å². The largest absolute Gasteiger partial charge is 0.404 e. The van der Waals surface area contributed by atoms with E-state index in [0.717, 1.165) is 27.8 Å². The third-order valence-corrected chi connectivity index (χ3v) is 5.44. The van der Waals surface area contributed by atoms with Crippen LogP contribution in [-0.2, 0) is 0 Å². The van der Waals surface area contributed by atoms with Gasteiger partial charge in [-0.15, -0.1) is 0 Å². The Hall–Kier alpha value is -3.28. The summed E-state index contributed by atoms with van der Waals surface area (Å²) in [6.07, 6.45) is 17.4. The van der Waals surface area contributed by atoms with Crippen LogP contribution in [0.5, 0.6) is 0 Å². The van der Waals surface area contributed by atoms with Crippen LogP contribution in [0.15, 0.2) is 60.2 Å². The van der Waals surface area contributed by atoms with E-state index in [9.17, 15) is 0 Å². The van der Waals surface area contributed by atoms with Crippen molar-refractivity contribution in [2.75, 3.05) is 7.05 Å². The van der Waals surface area contributed by atoms with Crippen LogP contribution in [0.25, 0.3) is 28.1 Å². The molecular formula is C23H26N6. The summed E-state index contributed by atoms with van der Waals surface area (Å²) in [6, 6.07) is 8.52. The Morgan fingerprint density at radius 2 is 1.86 bits per heavy atom. The van der Waals surface area contributed by atoms with E-state index in [-0.39, 0.29) is 0 Å². The fraction of sp³-hybridized carbons (Fsp3) is 0.304. The lowest BCUT2D eigenvalue weighted by Gasteiger charge is -2.21. The predicted octanol–water partition coefficient (Wildman–Crippen LogP) is 4.51. The molecule has 0 atom stereocenters. The van der Waals surface area contributed by atoms with Crippen molar-refractivity contribution in [3.8, 4) is 22.5 Å². The summed E-state index contributed by atoms with van der Waals surface area (Å²) in [5.41, 5.74) is 10.6. The minimum absolute atomic E-state index is 0.525. The number of aromatic nitrogens is 4. The standard InChI is InChI=1S/C23H26N6/c1-25-12-19(11-24)17-6-5-7-18(10-17)23-26-13-20(14-27-23)21-15-28-29(16-21)22-8-3-2-4-9-22/h5-7,10-16,22H,2-4,8-9,24H2,1H3/b19-11+,25-12?. The number of rotatable bonds is 5. The lowest BCUT2D eigenvalue weighted by Crippen LogP contribution is -2.12. The van der Waals surface area contributed by atoms with Gasteiger partial charge in [-0.05, 0) is 24.5 Å². The molecule has 2 N–H and O–H groups in total. The van der Waals surface area contributed by atoms with Crippen molar-refractivity contribution in [1.82, 2.24) is 19.7 Å². The molecule has 3 aromatic rings. The van der Waals surface area contributed by atoms with Gasteiger partial charge in [-0.3, -0.25) is 9.67 Å². The molecular weight excluding hydrogens is 360 g/mol. The van der Waals surface area contributed by atoms with Crippen molar-refractivity contribution in [3.05, 3.63) is 60.8 Å². The maximum Gasteiger partial charge on any atom is 0.159 e. The van der Waals surface area contributed by atoms with Crippen LogP contribution in [0.3, 0.4) is 0 Å². The molecule has 1 fully saturated rings. The topological polar surface area (TPSA) is 82.0 Å². The molecule has 6 nitrogen and oxygen atoms in total. The molecule has 0 aliphatic heterocycles. The SMILES string of the molecule is CN=C/C(=C\N)c1cccc(-c2ncc(-c3cnn(C4CCCCC4)c3)cn2)c1. The molecule has 1 saturated carbocycles. The van der Waals surface area contributed by atoms with Gasteiger partial charge < -0.3 is 5.73 Å². The molecule has 2 aromatic heterocycles. The highest BCUT2D eigenvalue weighted by Crippen LogP contribution is 2.29. The van der Waals surface area contributed by atoms with Crippen molar-refractivity contribution in [2.24, 2.45) is 10.7 Å². The first-order valence-corrected chi connectivity index (χ1v) is 10.1. The zero-order valence-electron chi connectivity index (χ0n) is 16.7. The molecule has 0 spiro atoms. The van der Waals surface area contributed by atoms with Crippen molar-refractivity contribution in [2.45, 2.75) is 38.1 Å². The lowest BCUT2D eigenvalue weighted by molar-refractivity contribution is 0.329. The normalized spacial score (nSPS) is 15.8. The maximum absolute atomic E-state index is 5.73. The second-order valence-electron chi connectivity index (χ2n) is 7.39. The second-order valence-corrected chi connectivity index (χ2v) is 7.39. The van der Waals surface area contributed by atoms with Gasteiger partial charge >= 0.3 is 0 Å². The number of aliphatic imine (C=N–C) groups is 1. The molecule has 6 heteroatoms. The minimum atomic E-state index is 0.525. The average molecular weight is 387 g/mol. The van der Waals surface area contributed by atoms with Crippen LogP contribution >= 0.6 is 0 Å². The monoisotopic (exact) mass is 386 g/mol. The Bertz CT molecular complexity index is 1010. The summed E-state index contributed by atoms with van der Waals surface area (Å²) < 4.78 is 2.11. The Labute approximate surface area is 171 Å². The van der Waals surface area contributed by atoms with Gasteiger partial charge in [0, 0.05) is 60.3 Å². The van der Waals surface area contributed by atoms with Gasteiger partial charge in [0.05, 0.1) is 12.2 Å². The zero-order chi connectivity index (χ0) is 20.1. The molecule has 0 unspecified atom stereocenters. The highest BCUT2D eigenvalue weighted by Gasteiger charge is 2.16. The highest BCUT2D eigenvalue weighted by molar-refractivity contribution is 6.09. The summed E-state index contributed by atoms with van der Waals surface area (Å²) in [4.78, 5) is 13.2. The number of nitrogens with zero attached hydrogens (tertiary/aromatic N) is 5. The minimum Gasteiger partial charge on any atom is -0.404 e. The van der Waals surface area contributed by atoms with Gasteiger partial charge in [-0.1, -0.05) is 37.5 Å².